The zero-order valence-corrected chi connectivity index (χ0v) is 13.6. The van der Waals surface area contributed by atoms with Crippen molar-refractivity contribution in [1.82, 2.24) is 9.97 Å². The Morgan fingerprint density at radius 1 is 1.47 bits per heavy atom. The van der Waals surface area contributed by atoms with Gasteiger partial charge in [0.15, 0.2) is 17.5 Å². The van der Waals surface area contributed by atoms with Crippen LogP contribution in [0.2, 0.25) is 4.34 Å². The van der Waals surface area contributed by atoms with Crippen molar-refractivity contribution in [3.8, 4) is 10.7 Å². The summed E-state index contributed by atoms with van der Waals surface area (Å²) in [5, 5.41) is 2.97. The molecular weight excluding hydrogens is 353 g/mol. The fraction of sp³-hybridized carbons (Fsp3) is 0.333. The second-order valence-electron chi connectivity index (χ2n) is 3.95. The predicted molar refractivity (Wildman–Crippen MR) is 81.5 cm³/mol. The molecule has 0 aliphatic carbocycles. The summed E-state index contributed by atoms with van der Waals surface area (Å²) in [6.45, 7) is 4.31. The van der Waals surface area contributed by atoms with Gasteiger partial charge in [-0.2, -0.15) is 0 Å². The number of rotatable bonds is 4. The number of aromatic nitrogens is 2. The van der Waals surface area contributed by atoms with Crippen molar-refractivity contribution < 1.29 is 4.39 Å². The summed E-state index contributed by atoms with van der Waals surface area (Å²) in [4.78, 5) is 9.21. The highest BCUT2D eigenvalue weighted by atomic mass is 79.9. The van der Waals surface area contributed by atoms with Crippen LogP contribution in [0, 0.1) is 12.7 Å². The second-order valence-corrected chi connectivity index (χ2v) is 6.46. The minimum Gasteiger partial charge on any atom is -0.368 e. The molecule has 2 heterocycles. The van der Waals surface area contributed by atoms with E-state index >= 15 is 0 Å². The Hall–Kier alpha value is -0.720. The van der Waals surface area contributed by atoms with Crippen molar-refractivity contribution in [2.24, 2.45) is 0 Å². The number of aryl methyl sites for hydroxylation is 1. The summed E-state index contributed by atoms with van der Waals surface area (Å²) in [5.74, 6) is 0.319. The Bertz CT molecular complexity index is 583. The lowest BCUT2D eigenvalue weighted by Gasteiger charge is -2.08. The van der Waals surface area contributed by atoms with Crippen molar-refractivity contribution in [1.29, 1.82) is 0 Å². The first kappa shape index (κ1) is 14.7. The van der Waals surface area contributed by atoms with Gasteiger partial charge in [-0.1, -0.05) is 18.5 Å². The van der Waals surface area contributed by atoms with Crippen LogP contribution in [0.15, 0.2) is 10.5 Å². The van der Waals surface area contributed by atoms with Crippen LogP contribution in [0.1, 0.15) is 19.0 Å². The highest BCUT2D eigenvalue weighted by Crippen LogP contribution is 2.37. The zero-order chi connectivity index (χ0) is 14.0. The molecule has 0 bridgehead atoms. The van der Waals surface area contributed by atoms with E-state index in [0.29, 0.717) is 22.4 Å². The van der Waals surface area contributed by atoms with Crippen molar-refractivity contribution in [2.45, 2.75) is 20.3 Å². The summed E-state index contributed by atoms with van der Waals surface area (Å²) in [6.07, 6.45) is 0.897. The Morgan fingerprint density at radius 3 is 2.79 bits per heavy atom. The summed E-state index contributed by atoms with van der Waals surface area (Å²) in [6, 6.07) is 1.84. The molecule has 7 heteroatoms. The number of hydrogen-bond donors (Lipinski definition) is 1. The van der Waals surface area contributed by atoms with Gasteiger partial charge in [0.2, 0.25) is 0 Å². The summed E-state index contributed by atoms with van der Waals surface area (Å²) in [5.41, 5.74) is 0.323. The van der Waals surface area contributed by atoms with Gasteiger partial charge in [0.1, 0.15) is 4.34 Å². The van der Waals surface area contributed by atoms with E-state index in [4.69, 9.17) is 11.6 Å². The summed E-state index contributed by atoms with van der Waals surface area (Å²) in [7, 11) is 0. The summed E-state index contributed by atoms with van der Waals surface area (Å²) >= 11 is 10.7. The molecule has 2 aromatic rings. The van der Waals surface area contributed by atoms with E-state index < -0.39 is 5.82 Å². The van der Waals surface area contributed by atoms with E-state index in [-0.39, 0.29) is 5.82 Å². The fourth-order valence-electron chi connectivity index (χ4n) is 1.49. The lowest BCUT2D eigenvalue weighted by molar-refractivity contribution is 0.605. The molecule has 0 saturated heterocycles. The van der Waals surface area contributed by atoms with Gasteiger partial charge < -0.3 is 5.32 Å². The maximum absolute atomic E-state index is 13.9. The molecule has 1 N–H and O–H groups in total. The number of hydrogen-bond acceptors (Lipinski definition) is 4. The molecule has 0 radical (unpaired) electrons. The molecule has 0 spiro atoms. The Balaban J connectivity index is 2.43. The third kappa shape index (κ3) is 3.24. The first-order chi connectivity index (χ1) is 9.02. The van der Waals surface area contributed by atoms with Crippen LogP contribution < -0.4 is 5.32 Å². The molecule has 102 valence electrons. The van der Waals surface area contributed by atoms with Crippen LogP contribution in [0.5, 0.6) is 0 Å². The first-order valence-corrected chi connectivity index (χ1v) is 7.75. The monoisotopic (exact) mass is 363 g/mol. The van der Waals surface area contributed by atoms with Crippen LogP contribution in [-0.4, -0.2) is 16.5 Å². The van der Waals surface area contributed by atoms with Crippen LogP contribution in [0.4, 0.5) is 10.2 Å². The highest BCUT2D eigenvalue weighted by Gasteiger charge is 2.15. The lowest BCUT2D eigenvalue weighted by atomic mass is 10.3. The Morgan fingerprint density at radius 2 is 2.21 bits per heavy atom. The molecule has 2 aromatic heterocycles. The van der Waals surface area contributed by atoms with Gasteiger partial charge in [-0.25, -0.2) is 14.4 Å². The van der Waals surface area contributed by atoms with Crippen LogP contribution in [0.3, 0.4) is 0 Å². The van der Waals surface area contributed by atoms with E-state index in [2.05, 4.69) is 31.2 Å². The predicted octanol–water partition coefficient (Wildman–Crippen LogP) is 4.89. The average molecular weight is 365 g/mol. The van der Waals surface area contributed by atoms with Crippen molar-refractivity contribution in [2.75, 3.05) is 11.9 Å². The second kappa shape index (κ2) is 6.15. The van der Waals surface area contributed by atoms with Crippen LogP contribution in [-0.2, 0) is 0 Å². The summed E-state index contributed by atoms with van der Waals surface area (Å²) < 4.78 is 15.3. The lowest BCUT2D eigenvalue weighted by Crippen LogP contribution is -2.07. The van der Waals surface area contributed by atoms with Gasteiger partial charge in [-0.15, -0.1) is 11.3 Å². The van der Waals surface area contributed by atoms with Gasteiger partial charge >= 0.3 is 0 Å². The minimum atomic E-state index is -0.404. The Labute approximate surface area is 128 Å². The van der Waals surface area contributed by atoms with E-state index in [9.17, 15) is 4.39 Å². The highest BCUT2D eigenvalue weighted by molar-refractivity contribution is 9.10. The molecule has 0 saturated carbocycles. The molecule has 3 nitrogen and oxygen atoms in total. The normalized spacial score (nSPS) is 10.8. The SMILES string of the molecule is CCCNc1nc(-c2cc(Br)c(Cl)s2)nc(C)c1F. The minimum absolute atomic E-state index is 0.241. The molecule has 0 aliphatic heterocycles. The van der Waals surface area contributed by atoms with Crippen molar-refractivity contribution in [3.63, 3.8) is 0 Å². The number of anilines is 1. The maximum atomic E-state index is 13.9. The van der Waals surface area contributed by atoms with Gasteiger partial charge in [0.25, 0.3) is 0 Å². The fourth-order valence-corrected chi connectivity index (χ4v) is 3.12. The van der Waals surface area contributed by atoms with Gasteiger partial charge in [-0.05, 0) is 35.3 Å². The van der Waals surface area contributed by atoms with E-state index in [1.54, 1.807) is 6.92 Å². The maximum Gasteiger partial charge on any atom is 0.186 e. The smallest absolute Gasteiger partial charge is 0.186 e. The van der Waals surface area contributed by atoms with Gasteiger partial charge in [-0.3, -0.25) is 0 Å². The number of nitrogens with one attached hydrogen (secondary N) is 1. The quantitative estimate of drug-likeness (QED) is 0.839. The third-order valence-corrected chi connectivity index (χ3v) is 4.90. The van der Waals surface area contributed by atoms with Gasteiger partial charge in [0, 0.05) is 11.0 Å². The Kier molecular flexibility index (Phi) is 4.76. The molecule has 0 amide bonds. The van der Waals surface area contributed by atoms with E-state index in [1.165, 1.54) is 11.3 Å². The van der Waals surface area contributed by atoms with E-state index in [0.717, 1.165) is 15.8 Å². The molecule has 19 heavy (non-hydrogen) atoms. The van der Waals surface area contributed by atoms with Crippen molar-refractivity contribution in [3.05, 3.63) is 26.4 Å². The molecule has 0 fully saturated rings. The molecule has 2 rings (SSSR count). The molecular formula is C12H12BrClFN3S. The number of nitrogens with zero attached hydrogens (tertiary/aromatic N) is 2. The largest absolute Gasteiger partial charge is 0.368 e. The standard InChI is InChI=1S/C12H12BrClFN3S/c1-3-4-16-12-9(15)6(2)17-11(18-12)8-5-7(13)10(14)19-8/h5H,3-4H2,1-2H3,(H,16,17,18). The molecule has 0 atom stereocenters. The number of thiophene rings is 1. The molecule has 0 unspecified atom stereocenters. The third-order valence-electron chi connectivity index (χ3n) is 2.42. The zero-order valence-electron chi connectivity index (χ0n) is 10.4. The van der Waals surface area contributed by atoms with Gasteiger partial charge in [0.05, 0.1) is 10.6 Å². The molecule has 0 aliphatic rings. The number of halogens is 3. The average Bonchev–Trinajstić information content (AvgIpc) is 2.71. The first-order valence-electron chi connectivity index (χ1n) is 5.76. The topological polar surface area (TPSA) is 37.8 Å². The van der Waals surface area contributed by atoms with Crippen LogP contribution >= 0.6 is 38.9 Å². The van der Waals surface area contributed by atoms with Crippen LogP contribution in [0.25, 0.3) is 10.7 Å². The van der Waals surface area contributed by atoms with E-state index in [1.807, 2.05) is 13.0 Å². The van der Waals surface area contributed by atoms with Crippen molar-refractivity contribution >= 4 is 44.7 Å². The molecule has 0 aromatic carbocycles.